The summed E-state index contributed by atoms with van der Waals surface area (Å²) in [4.78, 5) is 32.4. The normalized spacial score (nSPS) is 13.1. The van der Waals surface area contributed by atoms with E-state index in [9.17, 15) is 19.8 Å². The van der Waals surface area contributed by atoms with Crippen LogP contribution in [0.5, 0.6) is 23.0 Å². The molecule has 75 heavy (non-hydrogen) atoms. The van der Waals surface area contributed by atoms with E-state index < -0.39 is 12.3 Å². The molecule has 7 rings (SSSR count). The number of para-hydroxylation sites is 2. The van der Waals surface area contributed by atoms with Crippen LogP contribution in [-0.4, -0.2) is 33.9 Å². The van der Waals surface area contributed by atoms with Crippen LogP contribution in [-0.2, 0) is 16.5 Å². The van der Waals surface area contributed by atoms with E-state index in [0.717, 1.165) is 33.9 Å². The first-order chi connectivity index (χ1) is 34.7. The number of aliphatic imine (C=N–C) groups is 2. The van der Waals surface area contributed by atoms with Gasteiger partial charge >= 0.3 is 28.8 Å². The van der Waals surface area contributed by atoms with Crippen molar-refractivity contribution in [3.63, 3.8) is 0 Å². The van der Waals surface area contributed by atoms with Crippen LogP contribution in [0.4, 0.5) is 21.0 Å². The van der Waals surface area contributed by atoms with Gasteiger partial charge in [0.2, 0.25) is 0 Å². The van der Waals surface area contributed by atoms with Crippen molar-refractivity contribution in [1.82, 2.24) is 0 Å². The van der Waals surface area contributed by atoms with Crippen LogP contribution in [0.1, 0.15) is 225 Å². The van der Waals surface area contributed by atoms with Gasteiger partial charge in [0.05, 0.1) is 22.8 Å². The fourth-order valence-corrected chi connectivity index (χ4v) is 9.84. The smallest absolute Gasteiger partial charge is 0.870 e. The van der Waals surface area contributed by atoms with Gasteiger partial charge in [-0.15, -0.1) is 0 Å². The molecule has 0 aliphatic heterocycles. The second-order valence-electron chi connectivity index (χ2n) is 21.9. The number of carboxylic acid groups (broad SMARTS) is 2. The Morgan fingerprint density at radius 2 is 0.760 bits per heavy atom. The minimum absolute atomic E-state index is 0. The summed E-state index contributed by atoms with van der Waals surface area (Å²) in [6.45, 7) is 36.8. The first-order valence-electron chi connectivity index (χ1n) is 26.2. The van der Waals surface area contributed by atoms with Crippen LogP contribution in [0.2, 0.25) is 0 Å². The summed E-state index contributed by atoms with van der Waals surface area (Å²) >= 11 is 0. The second kappa shape index (κ2) is 25.9. The van der Waals surface area contributed by atoms with Gasteiger partial charge in [0, 0.05) is 16.5 Å². The fourth-order valence-electron chi connectivity index (χ4n) is 9.84. The van der Waals surface area contributed by atoms with E-state index in [4.69, 9.17) is 29.7 Å². The molecule has 402 valence electrons. The Labute approximate surface area is 456 Å². The third kappa shape index (κ3) is 13.7. The molecule has 0 radical (unpaired) electrons. The summed E-state index contributed by atoms with van der Waals surface area (Å²) in [6, 6.07) is 29.9. The van der Waals surface area contributed by atoms with Gasteiger partial charge in [0.15, 0.2) is 0 Å². The Bertz CT molecular complexity index is 2940. The molecule has 11 heteroatoms. The van der Waals surface area contributed by atoms with Crippen LogP contribution in [0.3, 0.4) is 0 Å². The molecule has 0 fully saturated rings. The van der Waals surface area contributed by atoms with Gasteiger partial charge in [0.1, 0.15) is 11.5 Å². The van der Waals surface area contributed by atoms with Gasteiger partial charge in [-0.05, 0) is 122 Å². The molecule has 1 aliphatic carbocycles. The van der Waals surface area contributed by atoms with E-state index >= 15 is 0 Å². The van der Waals surface area contributed by atoms with Crippen molar-refractivity contribution < 1.29 is 56.0 Å². The minimum atomic E-state index is -1.45. The number of rotatable bonds is 12. The molecule has 0 saturated carbocycles. The molecule has 0 atom stereocenters. The van der Waals surface area contributed by atoms with Crippen molar-refractivity contribution in [1.29, 1.82) is 0 Å². The number of carbonyl (C=O) groups is 2. The van der Waals surface area contributed by atoms with E-state index in [-0.39, 0.29) is 75.0 Å². The van der Waals surface area contributed by atoms with Gasteiger partial charge < -0.3 is 29.9 Å². The summed E-state index contributed by atoms with van der Waals surface area (Å²) < 4.78 is 9.53. The van der Waals surface area contributed by atoms with E-state index in [2.05, 4.69) is 114 Å². The maximum atomic E-state index is 12.6. The first kappa shape index (κ1) is 61.1. The molecule has 10 nitrogen and oxygen atoms in total. The predicted molar refractivity (Wildman–Crippen MR) is 300 cm³/mol. The summed E-state index contributed by atoms with van der Waals surface area (Å²) in [6.07, 6.45) is -2.90. The van der Waals surface area contributed by atoms with Gasteiger partial charge in [0.25, 0.3) is 0 Å². The molecular formula is C64H78N2NiO8. The Morgan fingerprint density at radius 3 is 1.08 bits per heavy atom. The van der Waals surface area contributed by atoms with Crippen molar-refractivity contribution in [2.45, 2.75) is 172 Å². The van der Waals surface area contributed by atoms with E-state index in [1.807, 2.05) is 95.2 Å². The maximum Gasteiger partial charge on any atom is 2.00 e. The third-order valence-corrected chi connectivity index (χ3v) is 13.6. The van der Waals surface area contributed by atoms with Gasteiger partial charge in [-0.2, -0.15) is 0 Å². The number of ether oxygens (including phenoxy) is 2. The molecule has 2 N–H and O–H groups in total. The molecule has 0 amide bonds. The van der Waals surface area contributed by atoms with Crippen molar-refractivity contribution in [3.05, 3.63) is 152 Å². The topological polar surface area (TPSA) is 164 Å². The quantitative estimate of drug-likeness (QED) is 0.0695. The number of aryl methyl sites for hydroxylation is 2. The number of hydrogen-bond donors (Lipinski definition) is 2. The van der Waals surface area contributed by atoms with Gasteiger partial charge in [-0.1, -0.05) is 207 Å². The van der Waals surface area contributed by atoms with Crippen LogP contribution < -0.4 is 19.7 Å². The summed E-state index contributed by atoms with van der Waals surface area (Å²) in [7, 11) is 0. The van der Waals surface area contributed by atoms with Crippen LogP contribution in [0, 0.1) is 13.8 Å². The van der Waals surface area contributed by atoms with E-state index in [1.165, 1.54) is 44.2 Å². The number of hydrogen-bond acceptors (Lipinski definition) is 8. The molecular weight excluding hydrogens is 983 g/mol. The molecule has 6 aromatic carbocycles. The van der Waals surface area contributed by atoms with E-state index in [0.29, 0.717) is 34.1 Å². The second-order valence-corrected chi connectivity index (χ2v) is 21.9. The monoisotopic (exact) mass is 1060 g/mol. The van der Waals surface area contributed by atoms with Crippen LogP contribution in [0.15, 0.2) is 94.9 Å². The Morgan fingerprint density at radius 1 is 0.440 bits per heavy atom. The zero-order chi connectivity index (χ0) is 55.2. The molecule has 1 aliphatic rings. The Hall–Kier alpha value is -6.45. The molecule has 0 heterocycles. The first-order valence-corrected chi connectivity index (χ1v) is 26.2. The standard InChI is InChI=1S/C32H32N2.2C16H24O4.Ni/c1-19(2)24-15-10-16-25(20(3)4)30(24)34-32-27-18-9-14-23-13-8-17-26(28(23)27)31(32)33-29-21(5)11-7-12-22(29)6;2*1-8(2)11-7-12(9(3)4)15(20-16(18)19)14(17)13(11)10(5)6;/h7-20H,1-6H3;2*7-10,17H,1-6H3,(H,18,19);/q;;;+2/p-2. The van der Waals surface area contributed by atoms with Crippen molar-refractivity contribution in [3.8, 4) is 23.0 Å². The molecule has 0 aromatic heterocycles. The largest absolute Gasteiger partial charge is 2.00 e. The zero-order valence-electron chi connectivity index (χ0n) is 47.3. The third-order valence-electron chi connectivity index (χ3n) is 13.6. The average molecular weight is 1060 g/mol. The summed E-state index contributed by atoms with van der Waals surface area (Å²) in [5, 5.41) is 45.4. The van der Waals surface area contributed by atoms with Gasteiger partial charge in [-0.3, -0.25) is 0 Å². The number of benzene rings is 6. The van der Waals surface area contributed by atoms with E-state index in [1.54, 1.807) is 0 Å². The Balaban J connectivity index is 0.000000258. The molecule has 0 saturated heterocycles. The van der Waals surface area contributed by atoms with Crippen molar-refractivity contribution in [2.24, 2.45) is 9.98 Å². The minimum Gasteiger partial charge on any atom is -0.870 e. The zero-order valence-corrected chi connectivity index (χ0v) is 48.2. The molecule has 0 spiro atoms. The van der Waals surface area contributed by atoms with Crippen LogP contribution >= 0.6 is 0 Å². The SMILES string of the molecule is CC(C)c1cc(C(C)C)c(C(C)C)c([O-])c1OC(=O)O.CC(C)c1cc(C(C)C)c(C(C)C)c([O-])c1OC(=O)O.Cc1cccc(C)c1N=C1C(=Nc2c(C(C)C)cccc2C(C)C)c2cccc3cccc1c23.[Ni+2]. The van der Waals surface area contributed by atoms with Gasteiger partial charge in [-0.25, -0.2) is 19.6 Å². The summed E-state index contributed by atoms with van der Waals surface area (Å²) in [5.41, 5.74) is 15.9. The molecule has 0 bridgehead atoms. The summed E-state index contributed by atoms with van der Waals surface area (Å²) in [5.74, 6) is 0.609. The van der Waals surface area contributed by atoms with Crippen molar-refractivity contribution >= 4 is 45.9 Å². The average Bonchev–Trinajstić information content (AvgIpc) is 3.60. The Kier molecular flexibility index (Phi) is 21.1. The fraction of sp³-hybridized carbons (Fsp3) is 0.406. The van der Waals surface area contributed by atoms with Crippen molar-refractivity contribution in [2.75, 3.05) is 0 Å². The maximum absolute atomic E-state index is 12.6. The number of nitrogens with zero attached hydrogens (tertiary/aromatic N) is 2. The van der Waals surface area contributed by atoms with Crippen LogP contribution in [0.25, 0.3) is 10.8 Å². The molecule has 6 aromatic rings. The predicted octanol–water partition coefficient (Wildman–Crippen LogP) is 17.3. The molecule has 0 unspecified atom stereocenters.